The van der Waals surface area contributed by atoms with Crippen LogP contribution in [0.2, 0.25) is 0 Å². The van der Waals surface area contributed by atoms with E-state index in [9.17, 15) is 19.5 Å². The van der Waals surface area contributed by atoms with Crippen molar-refractivity contribution >= 4 is 17.7 Å². The van der Waals surface area contributed by atoms with Crippen molar-refractivity contribution in [3.8, 4) is 0 Å². The van der Waals surface area contributed by atoms with Gasteiger partial charge in [-0.3, -0.25) is 14.4 Å². The first-order valence-corrected chi connectivity index (χ1v) is 14.1. The maximum atomic E-state index is 14.1. The number of ketones is 1. The van der Waals surface area contributed by atoms with Gasteiger partial charge in [0.1, 0.15) is 12.3 Å². The van der Waals surface area contributed by atoms with Crippen LogP contribution in [0.5, 0.6) is 0 Å². The van der Waals surface area contributed by atoms with Gasteiger partial charge in [0, 0.05) is 17.8 Å². The summed E-state index contributed by atoms with van der Waals surface area (Å²) in [6.45, 7) is 10.8. The average Bonchev–Trinajstić information content (AvgIpc) is 3.16. The smallest absolute Gasteiger partial charge is 0.322 e. The molecular formula is C29H47NO5. The van der Waals surface area contributed by atoms with Gasteiger partial charge in [-0.2, -0.15) is 0 Å². The van der Waals surface area contributed by atoms with Crippen LogP contribution in [0.15, 0.2) is 0 Å². The number of hydrogen-bond donors (Lipinski definition) is 3. The third-order valence-corrected chi connectivity index (χ3v) is 11.5. The summed E-state index contributed by atoms with van der Waals surface area (Å²) in [7, 11) is 0. The number of Topliss-reactive ketones (excluding diaryl/α,β-unsaturated/α-hetero) is 1. The molecule has 35 heavy (non-hydrogen) atoms. The standard InChI is InChI=1S/C29H47NO5/c1-6-19-23-14-18(31)9-11-29(23,5)22-10-12-28(4)20(7-8-21(28)25(22)26(19)34)16(2)13-17(3)27(35)30-15-24(32)33/h16-23,25,31H,6-15H2,1-5H3,(H,30,35)(H,32,33). The molecule has 0 aromatic carbocycles. The minimum Gasteiger partial charge on any atom is -0.480 e. The van der Waals surface area contributed by atoms with Crippen LogP contribution in [0.4, 0.5) is 0 Å². The summed E-state index contributed by atoms with van der Waals surface area (Å²) in [5.74, 6) is 1.26. The highest BCUT2D eigenvalue weighted by Crippen LogP contribution is 2.68. The fourth-order valence-electron chi connectivity index (χ4n) is 9.78. The average molecular weight is 490 g/mol. The first-order valence-electron chi connectivity index (χ1n) is 14.1. The number of aliphatic carboxylic acids is 1. The molecule has 4 fully saturated rings. The third kappa shape index (κ3) is 4.46. The van der Waals surface area contributed by atoms with Crippen LogP contribution in [0.3, 0.4) is 0 Å². The summed E-state index contributed by atoms with van der Waals surface area (Å²) >= 11 is 0. The number of amides is 1. The Morgan fingerprint density at radius 2 is 1.69 bits per heavy atom. The molecule has 6 nitrogen and oxygen atoms in total. The molecule has 11 atom stereocenters. The van der Waals surface area contributed by atoms with E-state index in [2.05, 4.69) is 33.0 Å². The molecule has 0 saturated heterocycles. The third-order valence-electron chi connectivity index (χ3n) is 11.5. The van der Waals surface area contributed by atoms with Gasteiger partial charge in [0.2, 0.25) is 5.91 Å². The summed E-state index contributed by atoms with van der Waals surface area (Å²) in [5.41, 5.74) is 0.267. The molecule has 0 aliphatic heterocycles. The van der Waals surface area contributed by atoms with Crippen molar-refractivity contribution in [2.75, 3.05) is 6.54 Å². The quantitative estimate of drug-likeness (QED) is 0.482. The van der Waals surface area contributed by atoms with E-state index in [1.165, 1.54) is 0 Å². The van der Waals surface area contributed by atoms with E-state index in [4.69, 9.17) is 5.11 Å². The van der Waals surface area contributed by atoms with Crippen molar-refractivity contribution in [2.45, 2.75) is 98.5 Å². The zero-order valence-corrected chi connectivity index (χ0v) is 22.4. The second-order valence-electron chi connectivity index (χ2n) is 13.2. The number of carbonyl (C=O) groups is 3. The Bertz CT molecular complexity index is 843. The maximum absolute atomic E-state index is 14.1. The van der Waals surface area contributed by atoms with Gasteiger partial charge >= 0.3 is 5.97 Å². The molecule has 4 aliphatic rings. The van der Waals surface area contributed by atoms with Crippen LogP contribution in [-0.4, -0.2) is 40.5 Å². The predicted molar refractivity (Wildman–Crippen MR) is 134 cm³/mol. The van der Waals surface area contributed by atoms with Gasteiger partial charge < -0.3 is 15.5 Å². The number of carboxylic acid groups (broad SMARTS) is 1. The normalized spacial score (nSPS) is 44.5. The molecule has 0 aromatic rings. The number of fused-ring (bicyclic) bond motifs is 5. The molecule has 0 bridgehead atoms. The van der Waals surface area contributed by atoms with Gasteiger partial charge in [-0.25, -0.2) is 0 Å². The highest BCUT2D eigenvalue weighted by Gasteiger charge is 2.65. The first kappa shape index (κ1) is 26.6. The zero-order valence-electron chi connectivity index (χ0n) is 22.4. The molecule has 11 unspecified atom stereocenters. The molecule has 0 radical (unpaired) electrons. The second kappa shape index (κ2) is 9.79. The predicted octanol–water partition coefficient (Wildman–Crippen LogP) is 4.68. The van der Waals surface area contributed by atoms with Crippen molar-refractivity contribution in [3.63, 3.8) is 0 Å². The fourth-order valence-corrected chi connectivity index (χ4v) is 9.78. The van der Waals surface area contributed by atoms with Crippen molar-refractivity contribution in [1.82, 2.24) is 5.32 Å². The summed E-state index contributed by atoms with van der Waals surface area (Å²) in [5, 5.41) is 21.8. The Morgan fingerprint density at radius 3 is 2.34 bits per heavy atom. The lowest BCUT2D eigenvalue weighted by atomic mass is 9.42. The van der Waals surface area contributed by atoms with Crippen LogP contribution in [-0.2, 0) is 14.4 Å². The van der Waals surface area contributed by atoms with E-state index in [1.54, 1.807) is 0 Å². The minimum absolute atomic E-state index is 0.0768. The van der Waals surface area contributed by atoms with Crippen LogP contribution in [0.25, 0.3) is 0 Å². The SMILES string of the molecule is CCC1C(=O)C2C3CCC(C(C)CC(C)C(=O)NCC(=O)O)C3(C)CCC2C2(C)CCC(O)CC12. The first-order chi connectivity index (χ1) is 16.4. The zero-order chi connectivity index (χ0) is 25.7. The van der Waals surface area contributed by atoms with E-state index in [-0.39, 0.29) is 47.1 Å². The second-order valence-corrected chi connectivity index (χ2v) is 13.2. The van der Waals surface area contributed by atoms with E-state index in [0.717, 1.165) is 57.8 Å². The van der Waals surface area contributed by atoms with Crippen LogP contribution >= 0.6 is 0 Å². The molecule has 3 N–H and O–H groups in total. The number of carbonyl (C=O) groups excluding carboxylic acids is 2. The Morgan fingerprint density at radius 1 is 1.03 bits per heavy atom. The molecule has 0 spiro atoms. The number of aliphatic hydroxyl groups excluding tert-OH is 1. The van der Waals surface area contributed by atoms with E-state index < -0.39 is 5.97 Å². The van der Waals surface area contributed by atoms with E-state index in [1.807, 2.05) is 6.92 Å². The van der Waals surface area contributed by atoms with Crippen molar-refractivity contribution in [2.24, 2.45) is 58.2 Å². The summed E-state index contributed by atoms with van der Waals surface area (Å²) in [4.78, 5) is 37.3. The largest absolute Gasteiger partial charge is 0.480 e. The summed E-state index contributed by atoms with van der Waals surface area (Å²) in [6, 6.07) is 0. The van der Waals surface area contributed by atoms with Gasteiger partial charge in [-0.05, 0) is 98.2 Å². The van der Waals surface area contributed by atoms with E-state index in [0.29, 0.717) is 35.4 Å². The molecule has 1 amide bonds. The number of nitrogens with one attached hydrogen (secondary N) is 1. The maximum Gasteiger partial charge on any atom is 0.322 e. The van der Waals surface area contributed by atoms with Gasteiger partial charge in [-0.1, -0.05) is 34.6 Å². The minimum atomic E-state index is -1.02. The number of rotatable bonds is 7. The Labute approximate surface area is 211 Å². The van der Waals surface area contributed by atoms with Crippen molar-refractivity contribution in [3.05, 3.63) is 0 Å². The molecule has 4 saturated carbocycles. The summed E-state index contributed by atoms with van der Waals surface area (Å²) < 4.78 is 0. The molecular weight excluding hydrogens is 442 g/mol. The lowest BCUT2D eigenvalue weighted by Gasteiger charge is -2.62. The Kier molecular flexibility index (Phi) is 7.45. The fraction of sp³-hybridized carbons (Fsp3) is 0.897. The van der Waals surface area contributed by atoms with Crippen molar-refractivity contribution < 1.29 is 24.6 Å². The molecule has 4 aliphatic carbocycles. The Hall–Kier alpha value is -1.43. The number of aliphatic hydroxyl groups is 1. The van der Waals surface area contributed by atoms with Crippen molar-refractivity contribution in [1.29, 1.82) is 0 Å². The number of hydrogen-bond acceptors (Lipinski definition) is 4. The number of carboxylic acids is 1. The van der Waals surface area contributed by atoms with Gasteiger partial charge in [0.25, 0.3) is 0 Å². The van der Waals surface area contributed by atoms with Crippen LogP contribution in [0, 0.1) is 58.2 Å². The van der Waals surface area contributed by atoms with Crippen LogP contribution in [0.1, 0.15) is 92.4 Å². The van der Waals surface area contributed by atoms with E-state index >= 15 is 0 Å². The lowest BCUT2D eigenvalue weighted by molar-refractivity contribution is -0.173. The summed E-state index contributed by atoms with van der Waals surface area (Å²) in [6.07, 6.45) is 8.50. The molecule has 0 heterocycles. The highest BCUT2D eigenvalue weighted by atomic mass is 16.4. The van der Waals surface area contributed by atoms with Gasteiger partial charge in [0.15, 0.2) is 0 Å². The molecule has 198 valence electrons. The lowest BCUT2D eigenvalue weighted by Crippen LogP contribution is -2.60. The molecule has 4 rings (SSSR count). The molecule has 6 heteroatoms. The van der Waals surface area contributed by atoms with Gasteiger partial charge in [0.05, 0.1) is 6.10 Å². The van der Waals surface area contributed by atoms with Gasteiger partial charge in [-0.15, -0.1) is 0 Å². The topological polar surface area (TPSA) is 104 Å². The Balaban J connectivity index is 1.52. The highest BCUT2D eigenvalue weighted by molar-refractivity contribution is 5.86. The van der Waals surface area contributed by atoms with Crippen LogP contribution < -0.4 is 5.32 Å². The molecule has 0 aromatic heterocycles. The monoisotopic (exact) mass is 489 g/mol.